The molecule has 0 bridgehead atoms. The highest BCUT2D eigenvalue weighted by molar-refractivity contribution is 9.10. The molecule has 0 aliphatic heterocycles. The van der Waals surface area contributed by atoms with Crippen molar-refractivity contribution in [1.29, 1.82) is 0 Å². The number of nitrogens with two attached hydrogens (primary N) is 1. The first kappa shape index (κ1) is 14.2. The minimum atomic E-state index is 0.600. The molecule has 21 heavy (non-hydrogen) atoms. The average molecular weight is 363 g/mol. The molecule has 106 valence electrons. The monoisotopic (exact) mass is 361 g/mol. The number of rotatable bonds is 3. The molecule has 0 unspecified atom stereocenters. The van der Waals surface area contributed by atoms with Crippen LogP contribution in [0, 0.1) is 0 Å². The highest BCUT2D eigenvalue weighted by Crippen LogP contribution is 2.23. The molecule has 0 aliphatic rings. The normalized spacial score (nSPS) is 10.8. The van der Waals surface area contributed by atoms with E-state index in [1.165, 1.54) is 0 Å². The Morgan fingerprint density at radius 2 is 1.86 bits per heavy atom. The summed E-state index contributed by atoms with van der Waals surface area (Å²) in [7, 11) is 0. The molecule has 2 N–H and O–H groups in total. The van der Waals surface area contributed by atoms with Crippen molar-refractivity contribution in [3.05, 3.63) is 69.7 Å². The Labute approximate surface area is 136 Å². The zero-order valence-corrected chi connectivity index (χ0v) is 13.5. The number of benzene rings is 2. The van der Waals surface area contributed by atoms with Gasteiger partial charge in [-0.3, -0.25) is 0 Å². The summed E-state index contributed by atoms with van der Waals surface area (Å²) in [4.78, 5) is 0. The first-order valence-corrected chi connectivity index (χ1v) is 7.62. The molecule has 0 saturated carbocycles. The van der Waals surface area contributed by atoms with Crippen LogP contribution in [0.2, 0.25) is 5.02 Å². The van der Waals surface area contributed by atoms with E-state index in [1.54, 1.807) is 4.68 Å². The summed E-state index contributed by atoms with van der Waals surface area (Å²) in [5.74, 6) is 0.632. The van der Waals surface area contributed by atoms with Gasteiger partial charge < -0.3 is 5.73 Å². The van der Waals surface area contributed by atoms with Crippen LogP contribution in [0.15, 0.2) is 59.1 Å². The molecule has 0 spiro atoms. The van der Waals surface area contributed by atoms with Crippen molar-refractivity contribution in [1.82, 2.24) is 9.78 Å². The molecule has 3 rings (SSSR count). The smallest absolute Gasteiger partial charge is 0.122 e. The second kappa shape index (κ2) is 5.92. The third kappa shape index (κ3) is 3.28. The van der Waals surface area contributed by atoms with Gasteiger partial charge in [-0.25, -0.2) is 4.68 Å². The number of aromatic nitrogens is 2. The summed E-state index contributed by atoms with van der Waals surface area (Å²) in [6.07, 6.45) is 0. The van der Waals surface area contributed by atoms with Gasteiger partial charge >= 0.3 is 0 Å². The number of hydrogen-bond acceptors (Lipinski definition) is 2. The fraction of sp³-hybridized carbons (Fsp3) is 0.0625. The predicted molar refractivity (Wildman–Crippen MR) is 90.3 cm³/mol. The summed E-state index contributed by atoms with van der Waals surface area (Å²) in [5.41, 5.74) is 9.02. The highest BCUT2D eigenvalue weighted by Gasteiger charge is 2.08. The Hall–Kier alpha value is -1.78. The third-order valence-electron chi connectivity index (χ3n) is 3.17. The van der Waals surface area contributed by atoms with Crippen LogP contribution >= 0.6 is 27.5 Å². The molecule has 1 aromatic heterocycles. The fourth-order valence-corrected chi connectivity index (χ4v) is 2.61. The van der Waals surface area contributed by atoms with Gasteiger partial charge in [-0.15, -0.1) is 0 Å². The Bertz CT molecular complexity index is 765. The van der Waals surface area contributed by atoms with E-state index in [2.05, 4.69) is 21.0 Å². The molecule has 0 radical (unpaired) electrons. The molecule has 0 fully saturated rings. The summed E-state index contributed by atoms with van der Waals surface area (Å²) >= 11 is 9.43. The van der Waals surface area contributed by atoms with E-state index in [-0.39, 0.29) is 0 Å². The van der Waals surface area contributed by atoms with Crippen LogP contribution in [0.25, 0.3) is 11.3 Å². The molecular weight excluding hydrogens is 350 g/mol. The number of nitrogens with zero attached hydrogens (tertiary/aromatic N) is 2. The largest absolute Gasteiger partial charge is 0.384 e. The lowest BCUT2D eigenvalue weighted by Crippen LogP contribution is -2.05. The lowest BCUT2D eigenvalue weighted by Gasteiger charge is -2.04. The minimum absolute atomic E-state index is 0.600. The standard InChI is InChI=1S/C16H13BrClN3/c17-13-6-4-12(5-7-13)15-9-16(19)21(20-15)10-11-2-1-3-14(18)8-11/h1-9H,10,19H2. The quantitative estimate of drug-likeness (QED) is 0.740. The number of anilines is 1. The third-order valence-corrected chi connectivity index (χ3v) is 3.94. The van der Waals surface area contributed by atoms with Crippen molar-refractivity contribution in [3.8, 4) is 11.3 Å². The molecule has 0 amide bonds. The van der Waals surface area contributed by atoms with Gasteiger partial charge in [-0.05, 0) is 29.8 Å². The Kier molecular flexibility index (Phi) is 3.99. The lowest BCUT2D eigenvalue weighted by molar-refractivity contribution is 0.700. The highest BCUT2D eigenvalue weighted by atomic mass is 79.9. The van der Waals surface area contributed by atoms with Gasteiger partial charge in [0, 0.05) is 21.1 Å². The summed E-state index contributed by atoms with van der Waals surface area (Å²) in [5, 5.41) is 5.28. The van der Waals surface area contributed by atoms with E-state index in [1.807, 2.05) is 54.6 Å². The molecule has 5 heteroatoms. The van der Waals surface area contributed by atoms with Crippen molar-refractivity contribution in [2.45, 2.75) is 6.54 Å². The Morgan fingerprint density at radius 1 is 1.10 bits per heavy atom. The van der Waals surface area contributed by atoms with Crippen LogP contribution in [-0.4, -0.2) is 9.78 Å². The molecule has 0 atom stereocenters. The van der Waals surface area contributed by atoms with Crippen molar-refractivity contribution in [3.63, 3.8) is 0 Å². The minimum Gasteiger partial charge on any atom is -0.384 e. The zero-order chi connectivity index (χ0) is 14.8. The predicted octanol–water partition coefficient (Wildman–Crippen LogP) is 4.60. The summed E-state index contributed by atoms with van der Waals surface area (Å²) in [6.45, 7) is 0.600. The Morgan fingerprint density at radius 3 is 2.57 bits per heavy atom. The average Bonchev–Trinajstić information content (AvgIpc) is 2.81. The molecule has 0 saturated heterocycles. The van der Waals surface area contributed by atoms with Crippen molar-refractivity contribution >= 4 is 33.3 Å². The molecular formula is C16H13BrClN3. The maximum absolute atomic E-state index is 6.05. The first-order chi connectivity index (χ1) is 10.1. The van der Waals surface area contributed by atoms with Gasteiger partial charge in [-0.2, -0.15) is 5.10 Å². The van der Waals surface area contributed by atoms with Gasteiger partial charge in [0.1, 0.15) is 5.82 Å². The van der Waals surface area contributed by atoms with Gasteiger partial charge in [0.15, 0.2) is 0 Å². The van der Waals surface area contributed by atoms with Crippen LogP contribution in [-0.2, 0) is 6.54 Å². The van der Waals surface area contributed by atoms with Crippen LogP contribution in [0.4, 0.5) is 5.82 Å². The lowest BCUT2D eigenvalue weighted by atomic mass is 10.2. The van der Waals surface area contributed by atoms with Gasteiger partial charge in [0.05, 0.1) is 12.2 Å². The van der Waals surface area contributed by atoms with E-state index >= 15 is 0 Å². The van der Waals surface area contributed by atoms with E-state index in [0.717, 1.165) is 21.3 Å². The fourth-order valence-electron chi connectivity index (χ4n) is 2.13. The van der Waals surface area contributed by atoms with E-state index in [9.17, 15) is 0 Å². The van der Waals surface area contributed by atoms with Crippen LogP contribution in [0.3, 0.4) is 0 Å². The topological polar surface area (TPSA) is 43.8 Å². The first-order valence-electron chi connectivity index (χ1n) is 6.45. The van der Waals surface area contributed by atoms with E-state index in [4.69, 9.17) is 17.3 Å². The van der Waals surface area contributed by atoms with Gasteiger partial charge in [0.25, 0.3) is 0 Å². The number of hydrogen-bond donors (Lipinski definition) is 1. The Balaban J connectivity index is 1.89. The maximum Gasteiger partial charge on any atom is 0.122 e. The van der Waals surface area contributed by atoms with Crippen LogP contribution in [0.1, 0.15) is 5.56 Å². The van der Waals surface area contributed by atoms with Gasteiger partial charge in [0.2, 0.25) is 0 Å². The second-order valence-corrected chi connectivity index (χ2v) is 6.10. The number of nitrogen functional groups attached to an aromatic ring is 1. The van der Waals surface area contributed by atoms with Crippen molar-refractivity contribution in [2.75, 3.05) is 5.73 Å². The van der Waals surface area contributed by atoms with E-state index < -0.39 is 0 Å². The van der Waals surface area contributed by atoms with Crippen molar-refractivity contribution < 1.29 is 0 Å². The zero-order valence-electron chi connectivity index (χ0n) is 11.1. The SMILES string of the molecule is Nc1cc(-c2ccc(Br)cc2)nn1Cc1cccc(Cl)c1. The van der Waals surface area contributed by atoms with Crippen molar-refractivity contribution in [2.24, 2.45) is 0 Å². The van der Waals surface area contributed by atoms with Crippen LogP contribution < -0.4 is 5.73 Å². The second-order valence-electron chi connectivity index (χ2n) is 4.75. The maximum atomic E-state index is 6.05. The molecule has 3 aromatic rings. The number of halogens is 2. The van der Waals surface area contributed by atoms with E-state index in [0.29, 0.717) is 17.4 Å². The summed E-state index contributed by atoms with van der Waals surface area (Å²) < 4.78 is 2.82. The van der Waals surface area contributed by atoms with Crippen LogP contribution in [0.5, 0.6) is 0 Å². The molecule has 0 aliphatic carbocycles. The molecule has 2 aromatic carbocycles. The summed E-state index contributed by atoms with van der Waals surface area (Å²) in [6, 6.07) is 17.6. The van der Waals surface area contributed by atoms with Gasteiger partial charge in [-0.1, -0.05) is 51.8 Å². The molecule has 1 heterocycles. The molecule has 3 nitrogen and oxygen atoms in total.